The molecule has 0 saturated heterocycles. The van der Waals surface area contributed by atoms with Crippen molar-refractivity contribution in [2.24, 2.45) is 0 Å². The normalized spacial score (nSPS) is 14.1. The van der Waals surface area contributed by atoms with Gasteiger partial charge < -0.3 is 4.57 Å². The third-order valence-electron chi connectivity index (χ3n) is 5.00. The summed E-state index contributed by atoms with van der Waals surface area (Å²) in [5.41, 5.74) is 3.25. The third kappa shape index (κ3) is 4.52. The molecule has 27 heavy (non-hydrogen) atoms. The Bertz CT molecular complexity index is 834. The van der Waals surface area contributed by atoms with Crippen LogP contribution < -0.4 is 0 Å². The van der Waals surface area contributed by atoms with Gasteiger partial charge in [-0.25, -0.2) is 0 Å². The molecule has 1 aromatic heterocycles. The van der Waals surface area contributed by atoms with E-state index in [4.69, 9.17) is 0 Å². The number of ketones is 1. The Kier molecular flexibility index (Phi) is 6.20. The third-order valence-corrected chi connectivity index (χ3v) is 5.96. The van der Waals surface area contributed by atoms with Crippen LogP contribution in [0, 0.1) is 0 Å². The molecule has 0 unspecified atom stereocenters. The average molecular weight is 384 g/mol. The Morgan fingerprint density at radius 1 is 1.26 bits per heavy atom. The number of Topliss-reactive ketones (excluding diaryl/α,β-unsaturated/α-hetero) is 1. The molecular weight excluding hydrogens is 354 g/mol. The Morgan fingerprint density at radius 3 is 2.59 bits per heavy atom. The van der Waals surface area contributed by atoms with Gasteiger partial charge in [0.1, 0.15) is 5.82 Å². The van der Waals surface area contributed by atoms with E-state index in [1.54, 1.807) is 0 Å². The SMILES string of the molecule is C=CCn1c(SCC(=O)c2ccc(C(C)C)cc2C(C)C)nnc1C1CC1. The maximum atomic E-state index is 12.9. The lowest BCUT2D eigenvalue weighted by Gasteiger charge is -2.15. The molecule has 1 heterocycles. The fourth-order valence-electron chi connectivity index (χ4n) is 3.23. The fourth-order valence-corrected chi connectivity index (χ4v) is 4.07. The molecule has 3 rings (SSSR count). The standard InChI is InChI=1S/C22H29N3OS/c1-6-11-25-21(16-7-8-16)23-24-22(25)27-13-20(26)18-10-9-17(14(2)3)12-19(18)15(4)5/h6,9-10,12,14-16H,1,7-8,11,13H2,2-5H3. The van der Waals surface area contributed by atoms with Crippen LogP contribution in [-0.4, -0.2) is 26.3 Å². The smallest absolute Gasteiger partial charge is 0.191 e. The number of aromatic nitrogens is 3. The molecule has 0 spiro atoms. The Balaban J connectivity index is 1.77. The summed E-state index contributed by atoms with van der Waals surface area (Å²) in [6.07, 6.45) is 4.22. The van der Waals surface area contributed by atoms with Crippen molar-refractivity contribution in [3.8, 4) is 0 Å². The number of thioether (sulfide) groups is 1. The Morgan fingerprint density at radius 2 is 2.00 bits per heavy atom. The quantitative estimate of drug-likeness (QED) is 0.323. The molecule has 0 N–H and O–H groups in total. The molecule has 2 aromatic rings. The zero-order chi connectivity index (χ0) is 19.6. The molecule has 1 aromatic carbocycles. The van der Waals surface area contributed by atoms with Gasteiger partial charge in [0.05, 0.1) is 5.75 Å². The summed E-state index contributed by atoms with van der Waals surface area (Å²) in [5.74, 6) is 2.87. The minimum atomic E-state index is 0.153. The first-order chi connectivity index (χ1) is 12.9. The summed E-state index contributed by atoms with van der Waals surface area (Å²) in [6, 6.07) is 6.27. The number of hydrogen-bond acceptors (Lipinski definition) is 4. The first-order valence-electron chi connectivity index (χ1n) is 9.76. The van der Waals surface area contributed by atoms with Crippen molar-refractivity contribution >= 4 is 17.5 Å². The number of hydrogen-bond donors (Lipinski definition) is 0. The van der Waals surface area contributed by atoms with Crippen LogP contribution in [0.5, 0.6) is 0 Å². The van der Waals surface area contributed by atoms with Gasteiger partial charge in [0.2, 0.25) is 0 Å². The lowest BCUT2D eigenvalue weighted by molar-refractivity contribution is 0.102. The second-order valence-electron chi connectivity index (χ2n) is 7.88. The van der Waals surface area contributed by atoms with Crippen molar-refractivity contribution in [1.29, 1.82) is 0 Å². The molecule has 1 aliphatic rings. The minimum absolute atomic E-state index is 0.153. The zero-order valence-electron chi connectivity index (χ0n) is 16.7. The van der Waals surface area contributed by atoms with Gasteiger partial charge in [0.25, 0.3) is 0 Å². The van der Waals surface area contributed by atoms with E-state index >= 15 is 0 Å². The van der Waals surface area contributed by atoms with Crippen molar-refractivity contribution in [2.45, 2.75) is 70.0 Å². The molecule has 1 saturated carbocycles. The van der Waals surface area contributed by atoms with Gasteiger partial charge in [0.15, 0.2) is 10.9 Å². The maximum absolute atomic E-state index is 12.9. The number of nitrogens with zero attached hydrogens (tertiary/aromatic N) is 3. The molecule has 0 atom stereocenters. The predicted molar refractivity (Wildman–Crippen MR) is 112 cm³/mol. The molecular formula is C22H29N3OS. The van der Waals surface area contributed by atoms with Crippen LogP contribution >= 0.6 is 11.8 Å². The number of benzene rings is 1. The van der Waals surface area contributed by atoms with Crippen LogP contribution in [0.2, 0.25) is 0 Å². The highest BCUT2D eigenvalue weighted by molar-refractivity contribution is 7.99. The summed E-state index contributed by atoms with van der Waals surface area (Å²) in [5, 5.41) is 9.50. The largest absolute Gasteiger partial charge is 0.302 e. The highest BCUT2D eigenvalue weighted by atomic mass is 32.2. The highest BCUT2D eigenvalue weighted by Gasteiger charge is 2.30. The van der Waals surface area contributed by atoms with Gasteiger partial charge in [-0.3, -0.25) is 4.79 Å². The summed E-state index contributed by atoms with van der Waals surface area (Å²) < 4.78 is 2.10. The topological polar surface area (TPSA) is 47.8 Å². The van der Waals surface area contributed by atoms with E-state index in [0.717, 1.165) is 22.1 Å². The first-order valence-corrected chi connectivity index (χ1v) is 10.7. The van der Waals surface area contributed by atoms with Crippen LogP contribution in [0.1, 0.15) is 85.6 Å². The van der Waals surface area contributed by atoms with E-state index in [2.05, 4.69) is 61.2 Å². The van der Waals surface area contributed by atoms with E-state index in [9.17, 15) is 4.79 Å². The van der Waals surface area contributed by atoms with Gasteiger partial charge in [-0.2, -0.15) is 0 Å². The zero-order valence-corrected chi connectivity index (χ0v) is 17.6. The Hall–Kier alpha value is -1.88. The van der Waals surface area contributed by atoms with E-state index < -0.39 is 0 Å². The molecule has 0 radical (unpaired) electrons. The lowest BCUT2D eigenvalue weighted by Crippen LogP contribution is -2.10. The first kappa shape index (κ1) is 19.9. The molecule has 144 valence electrons. The number of allylic oxidation sites excluding steroid dienone is 1. The van der Waals surface area contributed by atoms with Gasteiger partial charge in [-0.15, -0.1) is 16.8 Å². The van der Waals surface area contributed by atoms with Crippen molar-refractivity contribution < 1.29 is 4.79 Å². The van der Waals surface area contributed by atoms with Gasteiger partial charge in [0, 0.05) is 18.0 Å². The number of rotatable bonds is 9. The van der Waals surface area contributed by atoms with Crippen LogP contribution in [0.3, 0.4) is 0 Å². The van der Waals surface area contributed by atoms with Crippen LogP contribution in [-0.2, 0) is 6.54 Å². The van der Waals surface area contributed by atoms with Crippen molar-refractivity contribution in [1.82, 2.24) is 14.8 Å². The predicted octanol–water partition coefficient (Wildman–Crippen LogP) is 5.56. The van der Waals surface area contributed by atoms with Crippen LogP contribution in [0.25, 0.3) is 0 Å². The Labute approximate surface area is 166 Å². The second-order valence-corrected chi connectivity index (χ2v) is 8.82. The minimum Gasteiger partial charge on any atom is -0.302 e. The van der Waals surface area contributed by atoms with Crippen molar-refractivity contribution in [3.63, 3.8) is 0 Å². The van der Waals surface area contributed by atoms with E-state index in [1.807, 2.05) is 12.1 Å². The van der Waals surface area contributed by atoms with Crippen LogP contribution in [0.4, 0.5) is 0 Å². The van der Waals surface area contributed by atoms with Gasteiger partial charge >= 0.3 is 0 Å². The van der Waals surface area contributed by atoms with Crippen molar-refractivity contribution in [3.05, 3.63) is 53.4 Å². The average Bonchev–Trinajstić information content (AvgIpc) is 3.41. The summed E-state index contributed by atoms with van der Waals surface area (Å²) >= 11 is 1.48. The molecule has 0 bridgehead atoms. The van der Waals surface area contributed by atoms with Gasteiger partial charge in [-0.05, 0) is 35.8 Å². The molecule has 4 nitrogen and oxygen atoms in total. The monoisotopic (exact) mass is 383 g/mol. The fraction of sp³-hybridized carbons (Fsp3) is 0.500. The maximum Gasteiger partial charge on any atom is 0.191 e. The molecule has 1 fully saturated rings. The van der Waals surface area contributed by atoms with E-state index in [-0.39, 0.29) is 5.78 Å². The summed E-state index contributed by atoms with van der Waals surface area (Å²) in [6.45, 7) is 13.2. The van der Waals surface area contributed by atoms with Crippen LogP contribution in [0.15, 0.2) is 36.0 Å². The molecule has 1 aliphatic carbocycles. The van der Waals surface area contributed by atoms with Gasteiger partial charge in [-0.1, -0.05) is 63.7 Å². The summed E-state index contributed by atoms with van der Waals surface area (Å²) in [7, 11) is 0. The number of carbonyl (C=O) groups excluding carboxylic acids is 1. The molecule has 5 heteroatoms. The second kappa shape index (κ2) is 8.42. The lowest BCUT2D eigenvalue weighted by atomic mass is 9.90. The summed E-state index contributed by atoms with van der Waals surface area (Å²) in [4.78, 5) is 12.9. The molecule has 0 amide bonds. The molecule has 0 aliphatic heterocycles. The van der Waals surface area contributed by atoms with E-state index in [0.29, 0.717) is 30.1 Å². The number of carbonyl (C=O) groups is 1. The highest BCUT2D eigenvalue weighted by Crippen LogP contribution is 2.40. The van der Waals surface area contributed by atoms with E-state index in [1.165, 1.54) is 30.2 Å². The van der Waals surface area contributed by atoms with Crippen molar-refractivity contribution in [2.75, 3.05) is 5.75 Å².